The van der Waals surface area contributed by atoms with Crippen molar-refractivity contribution in [2.24, 2.45) is 0 Å². The molecule has 2 aromatic rings. The minimum absolute atomic E-state index is 0.279. The van der Waals surface area contributed by atoms with Crippen molar-refractivity contribution in [2.75, 3.05) is 0 Å². The summed E-state index contributed by atoms with van der Waals surface area (Å²) in [6.07, 6.45) is 3.71. The molecule has 0 heterocycles. The number of hydrogen-bond donors (Lipinski definition) is 0. The van der Waals surface area contributed by atoms with Crippen molar-refractivity contribution in [3.8, 4) is 0 Å². The lowest BCUT2D eigenvalue weighted by molar-refractivity contribution is 0.795. The Morgan fingerprint density at radius 1 is 1.05 bits per heavy atom. The van der Waals surface area contributed by atoms with E-state index in [2.05, 4.69) is 94.0 Å². The molecule has 0 nitrogen and oxygen atoms in total. The number of hydrogen-bond acceptors (Lipinski definition) is 0. The third-order valence-electron chi connectivity index (χ3n) is 3.27. The van der Waals surface area contributed by atoms with E-state index in [1.54, 1.807) is 0 Å². The first-order chi connectivity index (χ1) is 9.22. The van der Waals surface area contributed by atoms with Gasteiger partial charge in [0.15, 0.2) is 0 Å². The lowest BCUT2D eigenvalue weighted by Crippen LogP contribution is -1.96. The molecule has 2 aromatic carbocycles. The Kier molecular flexibility index (Phi) is 5.89. The van der Waals surface area contributed by atoms with Crippen LogP contribution in [0.25, 0.3) is 0 Å². The van der Waals surface area contributed by atoms with Crippen molar-refractivity contribution in [3.05, 3.63) is 68.8 Å². The molecule has 0 amide bonds. The van der Waals surface area contributed by atoms with Gasteiger partial charge in [-0.05, 0) is 58.2 Å². The number of rotatable bonds is 5. The largest absolute Gasteiger partial charge is 0.0786 e. The molecule has 0 saturated heterocycles. The quantitative estimate of drug-likeness (QED) is 0.397. The molecule has 0 spiro atoms. The van der Waals surface area contributed by atoms with Crippen molar-refractivity contribution in [2.45, 2.75) is 31.0 Å². The summed E-state index contributed by atoms with van der Waals surface area (Å²) in [6, 6.07) is 17.5. The summed E-state index contributed by atoms with van der Waals surface area (Å²) in [6.45, 7) is 2.24. The number of unbranched alkanes of at least 4 members (excludes halogenated alkanes) is 1. The fraction of sp³-hybridized carbons (Fsp3) is 0.294. The first-order valence-electron chi connectivity index (χ1n) is 6.69. The normalized spacial score (nSPS) is 12.4. The summed E-state index contributed by atoms with van der Waals surface area (Å²) >= 11 is 6.21. The highest BCUT2D eigenvalue weighted by Gasteiger charge is 2.12. The van der Waals surface area contributed by atoms with Gasteiger partial charge in [-0.3, -0.25) is 0 Å². The summed E-state index contributed by atoms with van der Waals surface area (Å²) in [4.78, 5) is 0.279. The summed E-state index contributed by atoms with van der Waals surface area (Å²) < 4.78 is 1.30. The molecule has 0 N–H and O–H groups in total. The first-order valence-corrected chi connectivity index (χ1v) is 8.69. The average molecular weight is 429 g/mol. The monoisotopic (exact) mass is 428 g/mol. The molecule has 0 fully saturated rings. The van der Waals surface area contributed by atoms with Gasteiger partial charge in [0.2, 0.25) is 0 Å². The van der Waals surface area contributed by atoms with E-state index in [4.69, 9.17) is 0 Å². The zero-order valence-corrected chi connectivity index (χ0v) is 14.8. The van der Waals surface area contributed by atoms with Crippen LogP contribution in [0, 0.1) is 3.57 Å². The minimum Gasteiger partial charge on any atom is -0.0786 e. The van der Waals surface area contributed by atoms with Crippen LogP contribution in [0.5, 0.6) is 0 Å². The Labute approximate surface area is 137 Å². The highest BCUT2D eigenvalue weighted by Crippen LogP contribution is 2.33. The maximum absolute atomic E-state index is 3.82. The number of halogens is 2. The van der Waals surface area contributed by atoms with Crippen molar-refractivity contribution in [1.82, 2.24) is 0 Å². The highest BCUT2D eigenvalue weighted by atomic mass is 127. The summed E-state index contributed by atoms with van der Waals surface area (Å²) in [5, 5.41) is 0. The third-order valence-corrected chi connectivity index (χ3v) is 5.27. The van der Waals surface area contributed by atoms with E-state index in [0.29, 0.717) is 0 Å². The minimum atomic E-state index is 0.279. The van der Waals surface area contributed by atoms with Gasteiger partial charge in [-0.2, -0.15) is 0 Å². The Balaban J connectivity index is 2.16. The maximum atomic E-state index is 3.82. The molecule has 0 radical (unpaired) electrons. The molecule has 19 heavy (non-hydrogen) atoms. The molecule has 0 aliphatic heterocycles. The summed E-state index contributed by atoms with van der Waals surface area (Å²) in [5.41, 5.74) is 4.10. The predicted octanol–water partition coefficient (Wildman–Crippen LogP) is 6.12. The first kappa shape index (κ1) is 15.0. The Hall–Kier alpha value is -0.350. The second kappa shape index (κ2) is 7.44. The van der Waals surface area contributed by atoms with Crippen molar-refractivity contribution < 1.29 is 0 Å². The van der Waals surface area contributed by atoms with Crippen molar-refractivity contribution in [1.29, 1.82) is 0 Å². The SMILES string of the molecule is CCCCc1ccc(C(Br)c2ccccc2I)cc1. The Morgan fingerprint density at radius 3 is 2.37 bits per heavy atom. The molecule has 0 aliphatic carbocycles. The van der Waals surface area contributed by atoms with Gasteiger partial charge in [0.1, 0.15) is 0 Å². The molecular weight excluding hydrogens is 411 g/mol. The number of benzene rings is 2. The molecule has 0 aliphatic rings. The molecule has 2 rings (SSSR count). The molecule has 0 bridgehead atoms. The summed E-state index contributed by atoms with van der Waals surface area (Å²) in [5.74, 6) is 0. The van der Waals surface area contributed by atoms with Crippen LogP contribution in [-0.2, 0) is 6.42 Å². The molecule has 0 aromatic heterocycles. The van der Waals surface area contributed by atoms with Crippen LogP contribution in [0.4, 0.5) is 0 Å². The second-order valence-electron chi connectivity index (χ2n) is 4.73. The number of aryl methyl sites for hydroxylation is 1. The van der Waals surface area contributed by atoms with Gasteiger partial charge in [-0.25, -0.2) is 0 Å². The van der Waals surface area contributed by atoms with Crippen LogP contribution < -0.4 is 0 Å². The van der Waals surface area contributed by atoms with Crippen LogP contribution in [-0.4, -0.2) is 0 Å². The van der Waals surface area contributed by atoms with Crippen LogP contribution in [0.1, 0.15) is 41.3 Å². The molecule has 0 saturated carbocycles. The standard InChI is InChI=1S/C17H18BrI/c1-2-3-6-13-9-11-14(12-10-13)17(18)15-7-4-5-8-16(15)19/h4-5,7-12,17H,2-3,6H2,1H3. The van der Waals surface area contributed by atoms with Crippen molar-refractivity contribution >= 4 is 38.5 Å². The molecule has 1 unspecified atom stereocenters. The van der Waals surface area contributed by atoms with Crippen LogP contribution in [0.3, 0.4) is 0 Å². The maximum Gasteiger partial charge on any atom is 0.0654 e. The topological polar surface area (TPSA) is 0 Å². The van der Waals surface area contributed by atoms with Crippen LogP contribution >= 0.6 is 38.5 Å². The predicted molar refractivity (Wildman–Crippen MR) is 95.0 cm³/mol. The van der Waals surface area contributed by atoms with Crippen LogP contribution in [0.2, 0.25) is 0 Å². The Bertz CT molecular complexity index is 519. The van der Waals surface area contributed by atoms with E-state index in [1.165, 1.54) is 39.5 Å². The Morgan fingerprint density at radius 2 is 1.74 bits per heavy atom. The smallest absolute Gasteiger partial charge is 0.0654 e. The summed E-state index contributed by atoms with van der Waals surface area (Å²) in [7, 11) is 0. The van der Waals surface area contributed by atoms with Gasteiger partial charge in [0.25, 0.3) is 0 Å². The molecular formula is C17H18BrI. The third kappa shape index (κ3) is 4.06. The second-order valence-corrected chi connectivity index (χ2v) is 6.81. The molecule has 2 heteroatoms. The average Bonchev–Trinajstić information content (AvgIpc) is 2.45. The van der Waals surface area contributed by atoms with E-state index in [1.807, 2.05) is 0 Å². The van der Waals surface area contributed by atoms with Gasteiger partial charge in [-0.1, -0.05) is 71.7 Å². The van der Waals surface area contributed by atoms with E-state index in [-0.39, 0.29) is 4.83 Å². The lowest BCUT2D eigenvalue weighted by atomic mass is 10.0. The fourth-order valence-electron chi connectivity index (χ4n) is 2.09. The zero-order valence-electron chi connectivity index (χ0n) is 11.1. The van der Waals surface area contributed by atoms with E-state index >= 15 is 0 Å². The highest BCUT2D eigenvalue weighted by molar-refractivity contribution is 14.1. The van der Waals surface area contributed by atoms with Gasteiger partial charge < -0.3 is 0 Å². The van der Waals surface area contributed by atoms with Crippen LogP contribution in [0.15, 0.2) is 48.5 Å². The zero-order chi connectivity index (χ0) is 13.7. The fourth-order valence-corrected chi connectivity index (χ4v) is 3.93. The van der Waals surface area contributed by atoms with E-state index < -0.39 is 0 Å². The van der Waals surface area contributed by atoms with Gasteiger partial charge in [0, 0.05) is 3.57 Å². The molecule has 100 valence electrons. The van der Waals surface area contributed by atoms with Gasteiger partial charge in [-0.15, -0.1) is 0 Å². The van der Waals surface area contributed by atoms with Gasteiger partial charge >= 0.3 is 0 Å². The van der Waals surface area contributed by atoms with Gasteiger partial charge in [0.05, 0.1) is 4.83 Å². The lowest BCUT2D eigenvalue weighted by Gasteiger charge is -2.13. The van der Waals surface area contributed by atoms with E-state index in [0.717, 1.165) is 0 Å². The van der Waals surface area contributed by atoms with Crippen molar-refractivity contribution in [3.63, 3.8) is 0 Å². The molecule has 1 atom stereocenters. The number of alkyl halides is 1. The van der Waals surface area contributed by atoms with E-state index in [9.17, 15) is 0 Å².